The molecule has 1 rings (SSSR count). The van der Waals surface area contributed by atoms with E-state index >= 15 is 0 Å². The third-order valence-electron chi connectivity index (χ3n) is 3.05. The van der Waals surface area contributed by atoms with E-state index in [4.69, 9.17) is 5.11 Å². The van der Waals surface area contributed by atoms with Crippen molar-refractivity contribution >= 4 is 17.8 Å². The Morgan fingerprint density at radius 2 is 1.65 bits per heavy atom. The second-order valence-electron chi connectivity index (χ2n) is 4.71. The fourth-order valence-corrected chi connectivity index (χ4v) is 2.09. The molecule has 0 atom stereocenters. The molecule has 6 nitrogen and oxygen atoms in total. The highest BCUT2D eigenvalue weighted by Crippen LogP contribution is 2.29. The maximum Gasteiger partial charge on any atom is 0.405 e. The Kier molecular flexibility index (Phi) is 4.96. The molecule has 1 aliphatic carbocycles. The van der Waals surface area contributed by atoms with Crippen molar-refractivity contribution in [2.75, 3.05) is 6.54 Å². The third kappa shape index (κ3) is 4.71. The van der Waals surface area contributed by atoms with Crippen LogP contribution in [0.3, 0.4) is 0 Å². The van der Waals surface area contributed by atoms with Crippen molar-refractivity contribution in [1.29, 1.82) is 0 Å². The van der Waals surface area contributed by atoms with Gasteiger partial charge in [-0.25, -0.2) is 4.79 Å². The van der Waals surface area contributed by atoms with E-state index in [0.717, 1.165) is 0 Å². The van der Waals surface area contributed by atoms with Crippen molar-refractivity contribution in [2.45, 2.75) is 43.8 Å². The summed E-state index contributed by atoms with van der Waals surface area (Å²) in [6.45, 7) is -1.52. The molecule has 1 fully saturated rings. The Hall–Kier alpha value is -1.80. The Bertz CT molecular complexity index is 403. The molecule has 0 spiro atoms. The van der Waals surface area contributed by atoms with E-state index in [0.29, 0.717) is 12.8 Å². The number of nitrogens with one attached hydrogen (secondary N) is 2. The van der Waals surface area contributed by atoms with Crippen LogP contribution in [0.1, 0.15) is 32.1 Å². The zero-order valence-corrected chi connectivity index (χ0v) is 10.5. The molecule has 0 radical (unpaired) electrons. The van der Waals surface area contributed by atoms with Crippen molar-refractivity contribution in [3.8, 4) is 0 Å². The van der Waals surface area contributed by atoms with E-state index < -0.39 is 42.5 Å². The summed E-state index contributed by atoms with van der Waals surface area (Å²) >= 11 is 0. The Balaban J connectivity index is 2.46. The number of rotatable bonds is 5. The molecule has 1 saturated carbocycles. The van der Waals surface area contributed by atoms with E-state index in [2.05, 4.69) is 5.32 Å². The number of hydrogen-bond acceptors (Lipinski definition) is 3. The highest BCUT2D eigenvalue weighted by Gasteiger charge is 2.42. The van der Waals surface area contributed by atoms with Crippen molar-refractivity contribution in [3.63, 3.8) is 0 Å². The van der Waals surface area contributed by atoms with Gasteiger partial charge in [-0.05, 0) is 12.8 Å². The SMILES string of the molecule is O=C(CC(=O)NC1(C(=O)O)CCCC1)NCC(F)(F)F. The number of carbonyl (C=O) groups excluding carboxylic acids is 2. The van der Waals surface area contributed by atoms with Crippen molar-refractivity contribution in [1.82, 2.24) is 10.6 Å². The number of halogens is 3. The van der Waals surface area contributed by atoms with E-state index in [1.807, 2.05) is 0 Å². The molecule has 0 unspecified atom stereocenters. The molecule has 0 aromatic heterocycles. The van der Waals surface area contributed by atoms with Gasteiger partial charge in [-0.3, -0.25) is 9.59 Å². The van der Waals surface area contributed by atoms with Crippen LogP contribution >= 0.6 is 0 Å². The minimum absolute atomic E-state index is 0.248. The summed E-state index contributed by atoms with van der Waals surface area (Å²) < 4.78 is 35.6. The summed E-state index contributed by atoms with van der Waals surface area (Å²) in [7, 11) is 0. The number of amides is 2. The Morgan fingerprint density at radius 1 is 1.10 bits per heavy atom. The van der Waals surface area contributed by atoms with Crippen LogP contribution < -0.4 is 10.6 Å². The lowest BCUT2D eigenvalue weighted by Gasteiger charge is -2.25. The first-order valence-corrected chi connectivity index (χ1v) is 6.02. The van der Waals surface area contributed by atoms with Gasteiger partial charge in [0.05, 0.1) is 0 Å². The van der Waals surface area contributed by atoms with Gasteiger partial charge in [0.15, 0.2) is 0 Å². The average molecular weight is 296 g/mol. The second-order valence-corrected chi connectivity index (χ2v) is 4.71. The number of carboxylic acid groups (broad SMARTS) is 1. The first kappa shape index (κ1) is 16.3. The summed E-state index contributed by atoms with van der Waals surface area (Å²) in [5, 5.41) is 12.9. The normalized spacial score (nSPS) is 17.6. The molecule has 0 heterocycles. The predicted molar refractivity (Wildman–Crippen MR) is 60.7 cm³/mol. The summed E-state index contributed by atoms with van der Waals surface area (Å²) in [5.41, 5.74) is -1.40. The van der Waals surface area contributed by atoms with Crippen LogP contribution in [0, 0.1) is 0 Å². The van der Waals surface area contributed by atoms with Gasteiger partial charge in [-0.2, -0.15) is 13.2 Å². The van der Waals surface area contributed by atoms with Crippen LogP contribution in [-0.4, -0.2) is 41.2 Å². The lowest BCUT2D eigenvalue weighted by atomic mass is 9.97. The maximum atomic E-state index is 11.9. The molecule has 0 saturated heterocycles. The fourth-order valence-electron chi connectivity index (χ4n) is 2.09. The predicted octanol–water partition coefficient (Wildman–Crippen LogP) is 0.569. The summed E-state index contributed by atoms with van der Waals surface area (Å²) in [6, 6.07) is 0. The van der Waals surface area contributed by atoms with Gasteiger partial charge in [0.1, 0.15) is 18.5 Å². The first-order chi connectivity index (χ1) is 9.15. The number of carbonyl (C=O) groups is 3. The minimum atomic E-state index is -4.56. The highest BCUT2D eigenvalue weighted by atomic mass is 19.4. The molecule has 3 N–H and O–H groups in total. The van der Waals surface area contributed by atoms with E-state index in [1.54, 1.807) is 5.32 Å². The van der Waals surface area contributed by atoms with Crippen LogP contribution in [0.2, 0.25) is 0 Å². The van der Waals surface area contributed by atoms with Crippen molar-refractivity contribution in [3.05, 3.63) is 0 Å². The quantitative estimate of drug-likeness (QED) is 0.646. The van der Waals surface area contributed by atoms with Crippen LogP contribution in [-0.2, 0) is 14.4 Å². The maximum absolute atomic E-state index is 11.9. The molecular weight excluding hydrogens is 281 g/mol. The largest absolute Gasteiger partial charge is 0.480 e. The van der Waals surface area contributed by atoms with Gasteiger partial charge in [0, 0.05) is 0 Å². The van der Waals surface area contributed by atoms with Gasteiger partial charge in [0.2, 0.25) is 11.8 Å². The van der Waals surface area contributed by atoms with Crippen LogP contribution in [0.15, 0.2) is 0 Å². The molecule has 9 heteroatoms. The zero-order valence-electron chi connectivity index (χ0n) is 10.5. The molecule has 2 amide bonds. The molecule has 0 aliphatic heterocycles. The monoisotopic (exact) mass is 296 g/mol. The van der Waals surface area contributed by atoms with E-state index in [9.17, 15) is 27.6 Å². The second kappa shape index (κ2) is 6.10. The van der Waals surface area contributed by atoms with Crippen LogP contribution in [0.25, 0.3) is 0 Å². The third-order valence-corrected chi connectivity index (χ3v) is 3.05. The average Bonchev–Trinajstić information content (AvgIpc) is 2.75. The van der Waals surface area contributed by atoms with Crippen molar-refractivity contribution < 1.29 is 32.7 Å². The highest BCUT2D eigenvalue weighted by molar-refractivity contribution is 5.99. The molecule has 114 valence electrons. The van der Waals surface area contributed by atoms with Gasteiger partial charge < -0.3 is 15.7 Å². The molecule has 1 aliphatic rings. The smallest absolute Gasteiger partial charge is 0.405 e. The van der Waals surface area contributed by atoms with Gasteiger partial charge in [0.25, 0.3) is 0 Å². The number of aliphatic carboxylic acids is 1. The van der Waals surface area contributed by atoms with Gasteiger partial charge in [-0.1, -0.05) is 12.8 Å². The molecule has 0 bridgehead atoms. The number of hydrogen-bond donors (Lipinski definition) is 3. The molecule has 0 aromatic rings. The summed E-state index contributed by atoms with van der Waals surface area (Å²) in [6.07, 6.45) is -3.62. The van der Waals surface area contributed by atoms with Crippen LogP contribution in [0.4, 0.5) is 13.2 Å². The van der Waals surface area contributed by atoms with Gasteiger partial charge in [-0.15, -0.1) is 0 Å². The number of carboxylic acids is 1. The zero-order chi connectivity index (χ0) is 15.4. The fraction of sp³-hybridized carbons (Fsp3) is 0.727. The first-order valence-electron chi connectivity index (χ1n) is 6.02. The van der Waals surface area contributed by atoms with E-state index in [1.165, 1.54) is 0 Å². The molecule has 20 heavy (non-hydrogen) atoms. The molecule has 0 aromatic carbocycles. The molecular formula is C11H15F3N2O4. The lowest BCUT2D eigenvalue weighted by molar-refractivity contribution is -0.148. The van der Waals surface area contributed by atoms with Gasteiger partial charge >= 0.3 is 12.1 Å². The lowest BCUT2D eigenvalue weighted by Crippen LogP contribution is -2.53. The van der Waals surface area contributed by atoms with Crippen LogP contribution in [0.5, 0.6) is 0 Å². The summed E-state index contributed by atoms with van der Waals surface area (Å²) in [5.74, 6) is -3.19. The standard InChI is InChI=1S/C11H15F3N2O4/c12-11(13,14)6-15-7(17)5-8(18)16-10(9(19)20)3-1-2-4-10/h1-6H2,(H,15,17)(H,16,18)(H,19,20). The Morgan fingerprint density at radius 3 is 2.10 bits per heavy atom. The Labute approximate surface area is 112 Å². The van der Waals surface area contributed by atoms with E-state index in [-0.39, 0.29) is 12.8 Å². The topological polar surface area (TPSA) is 95.5 Å². The van der Waals surface area contributed by atoms with Crippen molar-refractivity contribution in [2.24, 2.45) is 0 Å². The number of alkyl halides is 3. The minimum Gasteiger partial charge on any atom is -0.480 e. The summed E-state index contributed by atoms with van der Waals surface area (Å²) in [4.78, 5) is 33.8.